The predicted octanol–water partition coefficient (Wildman–Crippen LogP) is 6.85. The fraction of sp³-hybridized carbons (Fsp3) is 0.308. The smallest absolute Gasteiger partial charge is 0.407 e. The minimum absolute atomic E-state index is 0.184. The van der Waals surface area contributed by atoms with Crippen LogP contribution in [-0.4, -0.2) is 50.1 Å². The number of benzene rings is 2. The molecule has 186 valence electrons. The number of hydrogen-bond donors (Lipinski definition) is 1. The van der Waals surface area contributed by atoms with Crippen LogP contribution in [0.4, 0.5) is 10.6 Å². The maximum Gasteiger partial charge on any atom is 0.407 e. The zero-order valence-corrected chi connectivity index (χ0v) is 21.8. The largest absolute Gasteiger partial charge is 0.465 e. The Kier molecular flexibility index (Phi) is 7.55. The van der Waals surface area contributed by atoms with Gasteiger partial charge in [0.2, 0.25) is 0 Å². The van der Waals surface area contributed by atoms with E-state index in [0.717, 1.165) is 59.6 Å². The first-order valence-electron chi connectivity index (χ1n) is 11.8. The molecule has 2 aromatic heterocycles. The predicted molar refractivity (Wildman–Crippen MR) is 145 cm³/mol. The number of aromatic nitrogens is 3. The van der Waals surface area contributed by atoms with E-state index in [1.165, 1.54) is 16.4 Å². The van der Waals surface area contributed by atoms with E-state index in [1.54, 1.807) is 12.1 Å². The molecule has 0 bridgehead atoms. The molecule has 1 fully saturated rings. The van der Waals surface area contributed by atoms with Gasteiger partial charge in [-0.1, -0.05) is 35.3 Å². The Bertz CT molecular complexity index is 1360. The lowest BCUT2D eigenvalue weighted by Crippen LogP contribution is -2.36. The number of carboxylic acid groups (broad SMARTS) is 1. The number of amides is 1. The summed E-state index contributed by atoms with van der Waals surface area (Å²) in [4.78, 5) is 24.9. The van der Waals surface area contributed by atoms with Crippen molar-refractivity contribution in [2.24, 2.45) is 5.92 Å². The summed E-state index contributed by atoms with van der Waals surface area (Å²) in [5.41, 5.74) is 1.85. The molecule has 0 aliphatic carbocycles. The highest BCUT2D eigenvalue weighted by Gasteiger charge is 2.23. The number of piperidine rings is 1. The van der Waals surface area contributed by atoms with Gasteiger partial charge < -0.3 is 14.9 Å². The van der Waals surface area contributed by atoms with Crippen molar-refractivity contribution >= 4 is 57.5 Å². The van der Waals surface area contributed by atoms with Crippen LogP contribution >= 0.6 is 34.7 Å². The maximum atomic E-state index is 11.9. The van der Waals surface area contributed by atoms with Crippen LogP contribution in [0.1, 0.15) is 25.1 Å². The fourth-order valence-electron chi connectivity index (χ4n) is 4.49. The number of rotatable bonds is 7. The van der Waals surface area contributed by atoms with Gasteiger partial charge in [0.15, 0.2) is 5.82 Å². The summed E-state index contributed by atoms with van der Waals surface area (Å²) in [6.45, 7) is 2.46. The molecule has 1 aliphatic rings. The Balaban J connectivity index is 1.14. The monoisotopic (exact) mass is 541 g/mol. The SMILES string of the molecule is O=C(O)N(CCC1CCN(c2ccc3cc(Cl)ccc3n2)CC1)Cc1nsc(-c2ccc(Cl)cc2)n1. The van der Waals surface area contributed by atoms with E-state index in [4.69, 9.17) is 28.2 Å². The van der Waals surface area contributed by atoms with Crippen LogP contribution in [0.15, 0.2) is 54.6 Å². The standard InChI is InChI=1S/C26H25Cl2N5O2S/c27-20-4-1-18(2-5-20)25-30-23(31-36-25)16-33(26(34)35)14-11-17-9-12-32(13-10-17)24-8-3-19-15-21(28)6-7-22(19)29-24/h1-8,15,17H,9-14,16H2,(H,34,35). The first-order chi connectivity index (χ1) is 17.4. The second kappa shape index (κ2) is 11.0. The lowest BCUT2D eigenvalue weighted by molar-refractivity contribution is 0.136. The van der Waals surface area contributed by atoms with Gasteiger partial charge in [-0.05, 0) is 79.2 Å². The van der Waals surface area contributed by atoms with Crippen molar-refractivity contribution < 1.29 is 9.90 Å². The minimum atomic E-state index is -0.948. The Morgan fingerprint density at radius 1 is 1.03 bits per heavy atom. The lowest BCUT2D eigenvalue weighted by Gasteiger charge is -2.33. The summed E-state index contributed by atoms with van der Waals surface area (Å²) < 4.78 is 4.37. The third-order valence-corrected chi connectivity index (χ3v) is 7.83. The molecule has 0 atom stereocenters. The molecule has 0 spiro atoms. The van der Waals surface area contributed by atoms with Gasteiger partial charge in [0.05, 0.1) is 12.1 Å². The van der Waals surface area contributed by atoms with Crippen molar-refractivity contribution in [3.05, 3.63) is 70.5 Å². The molecule has 36 heavy (non-hydrogen) atoms. The van der Waals surface area contributed by atoms with Crippen molar-refractivity contribution in [1.82, 2.24) is 19.2 Å². The van der Waals surface area contributed by atoms with E-state index in [9.17, 15) is 9.90 Å². The number of nitrogens with zero attached hydrogens (tertiary/aromatic N) is 5. The van der Waals surface area contributed by atoms with Gasteiger partial charge in [-0.2, -0.15) is 4.37 Å². The summed E-state index contributed by atoms with van der Waals surface area (Å²) in [6, 6.07) is 17.2. The first kappa shape index (κ1) is 24.7. The molecule has 0 radical (unpaired) electrons. The Labute approximate surface area is 223 Å². The number of pyridine rings is 1. The van der Waals surface area contributed by atoms with Crippen LogP contribution in [-0.2, 0) is 6.54 Å². The Morgan fingerprint density at radius 2 is 1.78 bits per heavy atom. The quantitative estimate of drug-likeness (QED) is 0.275. The van der Waals surface area contributed by atoms with Crippen LogP contribution < -0.4 is 4.90 Å². The number of halogens is 2. The molecular formula is C26H25Cl2N5O2S. The molecule has 1 amide bonds. The van der Waals surface area contributed by atoms with Gasteiger partial charge in [-0.3, -0.25) is 0 Å². The molecule has 1 aliphatic heterocycles. The van der Waals surface area contributed by atoms with Crippen LogP contribution in [0.3, 0.4) is 0 Å². The molecule has 7 nitrogen and oxygen atoms in total. The van der Waals surface area contributed by atoms with E-state index < -0.39 is 6.09 Å². The zero-order valence-electron chi connectivity index (χ0n) is 19.5. The van der Waals surface area contributed by atoms with Gasteiger partial charge in [-0.25, -0.2) is 14.8 Å². The van der Waals surface area contributed by atoms with Crippen molar-refractivity contribution in [3.63, 3.8) is 0 Å². The summed E-state index contributed by atoms with van der Waals surface area (Å²) in [5, 5.41) is 12.9. The number of hydrogen-bond acceptors (Lipinski definition) is 6. The van der Waals surface area contributed by atoms with Crippen LogP contribution in [0.5, 0.6) is 0 Å². The Morgan fingerprint density at radius 3 is 2.53 bits per heavy atom. The van der Waals surface area contributed by atoms with E-state index in [2.05, 4.69) is 20.3 Å². The molecule has 1 N–H and O–H groups in total. The average molecular weight is 542 g/mol. The highest BCUT2D eigenvalue weighted by Crippen LogP contribution is 2.28. The minimum Gasteiger partial charge on any atom is -0.465 e. The third kappa shape index (κ3) is 5.88. The normalized spacial score (nSPS) is 14.3. The van der Waals surface area contributed by atoms with Gasteiger partial charge in [0, 0.05) is 40.6 Å². The first-order valence-corrected chi connectivity index (χ1v) is 13.4. The molecule has 0 unspecified atom stereocenters. The van der Waals surface area contributed by atoms with Gasteiger partial charge in [0.1, 0.15) is 10.8 Å². The van der Waals surface area contributed by atoms with Crippen molar-refractivity contribution in [3.8, 4) is 10.6 Å². The van der Waals surface area contributed by atoms with Crippen LogP contribution in [0.25, 0.3) is 21.5 Å². The average Bonchev–Trinajstić information content (AvgIpc) is 3.35. The van der Waals surface area contributed by atoms with Crippen molar-refractivity contribution in [1.29, 1.82) is 0 Å². The maximum absolute atomic E-state index is 11.9. The molecule has 3 heterocycles. The zero-order chi connectivity index (χ0) is 25.1. The fourth-order valence-corrected chi connectivity index (χ4v) is 5.48. The topological polar surface area (TPSA) is 82.5 Å². The van der Waals surface area contributed by atoms with E-state index in [-0.39, 0.29) is 6.54 Å². The molecule has 2 aromatic carbocycles. The highest BCUT2D eigenvalue weighted by molar-refractivity contribution is 7.09. The number of fused-ring (bicyclic) bond motifs is 1. The highest BCUT2D eigenvalue weighted by atomic mass is 35.5. The molecule has 0 saturated carbocycles. The van der Waals surface area contributed by atoms with Crippen molar-refractivity contribution in [2.45, 2.75) is 25.8 Å². The lowest BCUT2D eigenvalue weighted by atomic mass is 9.93. The molecular weight excluding hydrogens is 517 g/mol. The third-order valence-electron chi connectivity index (χ3n) is 6.54. The summed E-state index contributed by atoms with van der Waals surface area (Å²) in [5.74, 6) is 1.96. The number of carbonyl (C=O) groups is 1. The van der Waals surface area contributed by atoms with E-state index in [0.29, 0.717) is 28.3 Å². The second-order valence-corrected chi connectivity index (χ2v) is 10.6. The number of anilines is 1. The Hall–Kier alpha value is -2.94. The van der Waals surface area contributed by atoms with Gasteiger partial charge in [0.25, 0.3) is 0 Å². The van der Waals surface area contributed by atoms with Crippen LogP contribution in [0.2, 0.25) is 10.0 Å². The van der Waals surface area contributed by atoms with E-state index in [1.807, 2.05) is 36.4 Å². The molecule has 5 rings (SSSR count). The molecule has 4 aromatic rings. The van der Waals surface area contributed by atoms with Crippen molar-refractivity contribution in [2.75, 3.05) is 24.5 Å². The molecule has 1 saturated heterocycles. The van der Waals surface area contributed by atoms with E-state index >= 15 is 0 Å². The summed E-state index contributed by atoms with van der Waals surface area (Å²) >= 11 is 13.3. The van der Waals surface area contributed by atoms with Gasteiger partial charge >= 0.3 is 6.09 Å². The summed E-state index contributed by atoms with van der Waals surface area (Å²) in [6.07, 6.45) is 1.88. The van der Waals surface area contributed by atoms with Crippen LogP contribution in [0, 0.1) is 5.92 Å². The second-order valence-electron chi connectivity index (χ2n) is 8.95. The molecule has 10 heteroatoms. The summed E-state index contributed by atoms with van der Waals surface area (Å²) in [7, 11) is 0. The van der Waals surface area contributed by atoms with Gasteiger partial charge in [-0.15, -0.1) is 0 Å².